The molecule has 3 heterocycles. The van der Waals surface area contributed by atoms with Gasteiger partial charge in [-0.25, -0.2) is 4.98 Å². The van der Waals surface area contributed by atoms with Crippen LogP contribution in [0.5, 0.6) is 11.5 Å². The zero-order valence-electron chi connectivity index (χ0n) is 14.3. The largest absolute Gasteiger partial charge is 0.481 e. The van der Waals surface area contributed by atoms with Crippen LogP contribution >= 0.6 is 11.3 Å². The van der Waals surface area contributed by atoms with Crippen molar-refractivity contribution in [2.24, 2.45) is 11.3 Å². The Bertz CT molecular complexity index is 867. The van der Waals surface area contributed by atoms with Gasteiger partial charge in [-0.1, -0.05) is 6.42 Å². The van der Waals surface area contributed by atoms with E-state index in [1.54, 1.807) is 11.3 Å². The average molecular weight is 372 g/mol. The van der Waals surface area contributed by atoms with Crippen molar-refractivity contribution >= 4 is 17.3 Å². The second-order valence-electron chi connectivity index (χ2n) is 7.43. The summed E-state index contributed by atoms with van der Waals surface area (Å²) < 4.78 is 10.8. The van der Waals surface area contributed by atoms with Crippen LogP contribution in [0, 0.1) is 11.3 Å². The maximum Gasteiger partial charge on any atom is 0.311 e. The van der Waals surface area contributed by atoms with Crippen molar-refractivity contribution in [1.82, 2.24) is 9.88 Å². The van der Waals surface area contributed by atoms with Gasteiger partial charge >= 0.3 is 5.97 Å². The molecule has 1 aromatic carbocycles. The fraction of sp³-hybridized carbons (Fsp3) is 0.474. The quantitative estimate of drug-likeness (QED) is 0.888. The number of aliphatic carboxylic acids is 1. The topological polar surface area (TPSA) is 71.9 Å². The monoisotopic (exact) mass is 372 g/mol. The maximum absolute atomic E-state index is 11.8. The first-order valence-electron chi connectivity index (χ1n) is 8.94. The van der Waals surface area contributed by atoms with Gasteiger partial charge < -0.3 is 14.6 Å². The maximum atomic E-state index is 11.8. The third-order valence-corrected chi connectivity index (χ3v) is 6.86. The predicted molar refractivity (Wildman–Crippen MR) is 96.4 cm³/mol. The van der Waals surface area contributed by atoms with Crippen LogP contribution in [-0.4, -0.2) is 40.8 Å². The molecule has 26 heavy (non-hydrogen) atoms. The highest BCUT2D eigenvalue weighted by atomic mass is 32.1. The molecule has 3 aliphatic rings. The molecule has 6 nitrogen and oxygen atoms in total. The molecule has 0 bridgehead atoms. The van der Waals surface area contributed by atoms with Gasteiger partial charge in [-0.3, -0.25) is 9.69 Å². The molecule has 1 aliphatic carbocycles. The molecule has 0 amide bonds. The fourth-order valence-electron chi connectivity index (χ4n) is 4.63. The highest BCUT2D eigenvalue weighted by Gasteiger charge is 2.54. The van der Waals surface area contributed by atoms with E-state index in [-0.39, 0.29) is 12.7 Å². The number of nitrogens with zero attached hydrogens (tertiary/aromatic N) is 2. The summed E-state index contributed by atoms with van der Waals surface area (Å²) in [6, 6.07) is 5.87. The minimum absolute atomic E-state index is 0.267. The fourth-order valence-corrected chi connectivity index (χ4v) is 5.44. The number of carboxylic acid groups (broad SMARTS) is 1. The number of fused-ring (bicyclic) bond motifs is 2. The van der Waals surface area contributed by atoms with Crippen LogP contribution in [0.3, 0.4) is 0 Å². The van der Waals surface area contributed by atoms with E-state index in [0.29, 0.717) is 13.1 Å². The molecule has 7 heteroatoms. The third kappa shape index (κ3) is 2.49. The summed E-state index contributed by atoms with van der Waals surface area (Å²) >= 11 is 1.61. The van der Waals surface area contributed by atoms with Gasteiger partial charge in [0, 0.05) is 30.6 Å². The standard InChI is InChI=1S/C19H20N2O4S/c22-18(23)19-5-1-2-13(19)7-21(10-19)8-14-9-26-17(20-14)12-3-4-15-16(6-12)25-11-24-15/h3-4,6,9,13H,1-2,5,7-8,10-11H2,(H,22,23)/t13-,19+/m0/s1. The van der Waals surface area contributed by atoms with Crippen molar-refractivity contribution in [3.05, 3.63) is 29.3 Å². The van der Waals surface area contributed by atoms with Gasteiger partial charge in [-0.15, -0.1) is 11.3 Å². The molecule has 5 rings (SSSR count). The van der Waals surface area contributed by atoms with Crippen molar-refractivity contribution < 1.29 is 19.4 Å². The third-order valence-electron chi connectivity index (χ3n) is 5.92. The molecule has 2 aromatic rings. The first kappa shape index (κ1) is 16.1. The number of carbonyl (C=O) groups is 1. The number of likely N-dealkylation sites (tertiary alicyclic amines) is 1. The van der Waals surface area contributed by atoms with Crippen molar-refractivity contribution in [2.45, 2.75) is 25.8 Å². The number of thiazole rings is 1. The Labute approximate surface area is 155 Å². The first-order valence-corrected chi connectivity index (χ1v) is 9.82. The summed E-state index contributed by atoms with van der Waals surface area (Å²) in [5.41, 5.74) is 1.49. The summed E-state index contributed by atoms with van der Waals surface area (Å²) in [7, 11) is 0. The van der Waals surface area contributed by atoms with Crippen molar-refractivity contribution in [1.29, 1.82) is 0 Å². The lowest BCUT2D eigenvalue weighted by Crippen LogP contribution is -2.35. The number of rotatable bonds is 4. The second kappa shape index (κ2) is 5.96. The Kier molecular flexibility index (Phi) is 3.68. The van der Waals surface area contributed by atoms with Crippen molar-refractivity contribution in [2.75, 3.05) is 19.9 Å². The highest BCUT2D eigenvalue weighted by Crippen LogP contribution is 2.49. The van der Waals surface area contributed by atoms with Crippen LogP contribution in [0.25, 0.3) is 10.6 Å². The van der Waals surface area contributed by atoms with Gasteiger partial charge in [0.2, 0.25) is 6.79 Å². The summed E-state index contributed by atoms with van der Waals surface area (Å²) in [6.07, 6.45) is 2.88. The Morgan fingerprint density at radius 2 is 2.27 bits per heavy atom. The summed E-state index contributed by atoms with van der Waals surface area (Å²) in [5.74, 6) is 1.19. The first-order chi connectivity index (χ1) is 12.6. The number of carboxylic acids is 1. The Balaban J connectivity index is 1.32. The predicted octanol–water partition coefficient (Wildman–Crippen LogP) is 3.23. The molecular weight excluding hydrogens is 352 g/mol. The smallest absolute Gasteiger partial charge is 0.311 e. The van der Waals surface area contributed by atoms with E-state index < -0.39 is 11.4 Å². The molecule has 0 unspecified atom stereocenters. The van der Waals surface area contributed by atoms with Crippen LogP contribution in [-0.2, 0) is 11.3 Å². The molecule has 2 atom stereocenters. The SMILES string of the molecule is O=C(O)[C@@]12CCC[C@H]1CN(Cc1csc(-c3ccc4c(c3)OCO4)n1)C2. The molecule has 0 radical (unpaired) electrons. The Hall–Kier alpha value is -2.12. The Morgan fingerprint density at radius 3 is 3.12 bits per heavy atom. The lowest BCUT2D eigenvalue weighted by molar-refractivity contribution is -0.149. The van der Waals surface area contributed by atoms with Crippen molar-refractivity contribution in [3.8, 4) is 22.1 Å². The van der Waals surface area contributed by atoms with E-state index in [9.17, 15) is 9.90 Å². The second-order valence-corrected chi connectivity index (χ2v) is 8.29. The van der Waals surface area contributed by atoms with E-state index in [1.165, 1.54) is 0 Å². The van der Waals surface area contributed by atoms with Gasteiger partial charge in [0.1, 0.15) is 5.01 Å². The molecule has 1 saturated heterocycles. The Morgan fingerprint density at radius 1 is 1.38 bits per heavy atom. The molecule has 1 saturated carbocycles. The van der Waals surface area contributed by atoms with E-state index in [4.69, 9.17) is 14.5 Å². The lowest BCUT2D eigenvalue weighted by atomic mass is 9.81. The lowest BCUT2D eigenvalue weighted by Gasteiger charge is -2.23. The van der Waals surface area contributed by atoms with Crippen LogP contribution in [0.1, 0.15) is 25.0 Å². The molecule has 1 N–H and O–H groups in total. The molecule has 2 aliphatic heterocycles. The number of aromatic nitrogens is 1. The highest BCUT2D eigenvalue weighted by molar-refractivity contribution is 7.13. The number of ether oxygens (including phenoxy) is 2. The summed E-state index contributed by atoms with van der Waals surface area (Å²) in [4.78, 5) is 18.8. The van der Waals surface area contributed by atoms with E-state index in [1.807, 2.05) is 18.2 Å². The summed E-state index contributed by atoms with van der Waals surface area (Å²) in [6.45, 7) is 2.49. The number of hydrogen-bond acceptors (Lipinski definition) is 6. The van der Waals surface area contributed by atoms with Crippen LogP contribution in [0.15, 0.2) is 23.6 Å². The molecule has 2 fully saturated rings. The summed E-state index contributed by atoms with van der Waals surface area (Å²) in [5, 5.41) is 12.7. The van der Waals surface area contributed by atoms with Crippen LogP contribution < -0.4 is 9.47 Å². The van der Waals surface area contributed by atoms with Crippen molar-refractivity contribution in [3.63, 3.8) is 0 Å². The number of benzene rings is 1. The van der Waals surface area contributed by atoms with Gasteiger partial charge in [-0.05, 0) is 37.0 Å². The van der Waals surface area contributed by atoms with Crippen LogP contribution in [0.4, 0.5) is 0 Å². The normalized spacial score (nSPS) is 27.0. The van der Waals surface area contributed by atoms with Gasteiger partial charge in [0.25, 0.3) is 0 Å². The van der Waals surface area contributed by atoms with Gasteiger partial charge in [0.05, 0.1) is 11.1 Å². The molecule has 1 aromatic heterocycles. The average Bonchev–Trinajstić information content (AvgIpc) is 3.37. The molecular formula is C19H20N2O4S. The molecule has 0 spiro atoms. The zero-order chi connectivity index (χ0) is 17.7. The van der Waals surface area contributed by atoms with Gasteiger partial charge in [-0.2, -0.15) is 0 Å². The zero-order valence-corrected chi connectivity index (χ0v) is 15.1. The minimum atomic E-state index is -0.623. The van der Waals surface area contributed by atoms with Gasteiger partial charge in [0.15, 0.2) is 11.5 Å². The minimum Gasteiger partial charge on any atom is -0.481 e. The molecule has 136 valence electrons. The van der Waals surface area contributed by atoms with E-state index >= 15 is 0 Å². The van der Waals surface area contributed by atoms with E-state index in [2.05, 4.69) is 10.3 Å². The van der Waals surface area contributed by atoms with E-state index in [0.717, 1.165) is 53.6 Å². The van der Waals surface area contributed by atoms with Crippen LogP contribution in [0.2, 0.25) is 0 Å². The number of hydrogen-bond donors (Lipinski definition) is 1.